The molecule has 0 saturated heterocycles. The summed E-state index contributed by atoms with van der Waals surface area (Å²) < 4.78 is 10.8. The minimum Gasteiger partial charge on any atom is -0.496 e. The predicted octanol–water partition coefficient (Wildman–Crippen LogP) is 2.78. The van der Waals surface area contributed by atoms with Gasteiger partial charge < -0.3 is 20.6 Å². The van der Waals surface area contributed by atoms with Gasteiger partial charge in [0.15, 0.2) is 0 Å². The van der Waals surface area contributed by atoms with Crippen LogP contribution in [0.3, 0.4) is 0 Å². The van der Waals surface area contributed by atoms with Gasteiger partial charge in [-0.1, -0.05) is 41.6 Å². The minimum atomic E-state index is -0.222. The Morgan fingerprint density at radius 3 is 2.60 bits per heavy atom. The summed E-state index contributed by atoms with van der Waals surface area (Å²) in [7, 11) is 1.53. The molecule has 0 aliphatic rings. The van der Waals surface area contributed by atoms with E-state index in [1.54, 1.807) is 18.2 Å². The molecule has 3 N–H and O–H groups in total. The first-order valence-corrected chi connectivity index (χ1v) is 8.63. The molecule has 0 bridgehead atoms. The smallest absolute Gasteiger partial charge is 0.255 e. The fourth-order valence-electron chi connectivity index (χ4n) is 2.01. The maximum atomic E-state index is 12.2. The summed E-state index contributed by atoms with van der Waals surface area (Å²) in [6.45, 7) is 2.26. The van der Waals surface area contributed by atoms with E-state index in [0.717, 1.165) is 11.3 Å². The number of hydrazone groups is 1. The monoisotopic (exact) mass is 359 g/mol. The largest absolute Gasteiger partial charge is 0.496 e. The molecule has 0 spiro atoms. The van der Waals surface area contributed by atoms with Gasteiger partial charge in [-0.25, -0.2) is 0 Å². The molecule has 0 radical (unpaired) electrons. The molecule has 0 atom stereocenters. The molecule has 25 heavy (non-hydrogen) atoms. The lowest BCUT2D eigenvalue weighted by Crippen LogP contribution is -2.25. The van der Waals surface area contributed by atoms with Crippen LogP contribution in [-0.2, 0) is 0 Å². The van der Waals surface area contributed by atoms with Crippen LogP contribution in [0.25, 0.3) is 0 Å². The number of nitrogens with one attached hydrogen (secondary N) is 1. The third kappa shape index (κ3) is 5.72. The van der Waals surface area contributed by atoms with Crippen molar-refractivity contribution in [2.45, 2.75) is 6.92 Å². The Labute approximate surface area is 151 Å². The summed E-state index contributed by atoms with van der Waals surface area (Å²) in [5.41, 5.74) is 1.64. The molecule has 0 unspecified atom stereocenters. The van der Waals surface area contributed by atoms with E-state index < -0.39 is 0 Å². The number of methoxy groups -OCH3 is 1. The average Bonchev–Trinajstić information content (AvgIpc) is 2.65. The molecule has 0 fully saturated rings. The fourth-order valence-corrected chi connectivity index (χ4v) is 2.59. The van der Waals surface area contributed by atoms with Crippen molar-refractivity contribution in [3.8, 4) is 11.5 Å². The molecular formula is C18H21N3O3S. The summed E-state index contributed by atoms with van der Waals surface area (Å²) in [6, 6.07) is 14.7. The summed E-state index contributed by atoms with van der Waals surface area (Å²) in [4.78, 5) is 12.2. The van der Waals surface area contributed by atoms with Crippen LogP contribution in [0.5, 0.6) is 11.5 Å². The molecular weight excluding hydrogens is 338 g/mol. The van der Waals surface area contributed by atoms with E-state index in [4.69, 9.17) is 15.3 Å². The number of nitrogens with zero attached hydrogens (tertiary/aromatic N) is 1. The normalized spacial score (nSPS) is 11.0. The second-order valence-electron chi connectivity index (χ2n) is 5.12. The number of hydrogen-bond donors (Lipinski definition) is 2. The first-order chi connectivity index (χ1) is 12.1. The minimum absolute atomic E-state index is 0.222. The number of thioether (sulfide) groups is 1. The van der Waals surface area contributed by atoms with Crippen LogP contribution >= 0.6 is 11.8 Å². The maximum Gasteiger partial charge on any atom is 0.255 e. The van der Waals surface area contributed by atoms with Gasteiger partial charge in [0.2, 0.25) is 0 Å². The number of nitrogens with two attached hydrogens (primary N) is 1. The van der Waals surface area contributed by atoms with E-state index in [1.165, 1.54) is 18.9 Å². The molecule has 2 aromatic carbocycles. The van der Waals surface area contributed by atoms with E-state index in [-0.39, 0.29) is 12.5 Å². The Bertz CT molecular complexity index is 733. The fraction of sp³-hybridized carbons (Fsp3) is 0.222. The zero-order valence-corrected chi connectivity index (χ0v) is 15.0. The van der Waals surface area contributed by atoms with Crippen molar-refractivity contribution in [1.29, 1.82) is 0 Å². The van der Waals surface area contributed by atoms with Crippen LogP contribution in [-0.4, -0.2) is 30.5 Å². The van der Waals surface area contributed by atoms with Crippen molar-refractivity contribution in [2.75, 3.05) is 19.6 Å². The van der Waals surface area contributed by atoms with E-state index in [0.29, 0.717) is 22.2 Å². The summed E-state index contributed by atoms with van der Waals surface area (Å²) in [5.74, 6) is 6.76. The number of benzene rings is 2. The number of carbonyl (C=O) groups is 1. The molecule has 132 valence electrons. The van der Waals surface area contributed by atoms with Crippen LogP contribution in [0.15, 0.2) is 53.6 Å². The highest BCUT2D eigenvalue weighted by Crippen LogP contribution is 2.17. The van der Waals surface area contributed by atoms with Crippen molar-refractivity contribution >= 4 is 22.7 Å². The summed E-state index contributed by atoms with van der Waals surface area (Å²) >= 11 is 1.31. The first kappa shape index (κ1) is 18.7. The van der Waals surface area contributed by atoms with Gasteiger partial charge in [-0.15, -0.1) is 0 Å². The predicted molar refractivity (Wildman–Crippen MR) is 101 cm³/mol. The number of para-hydroxylation sites is 1. The van der Waals surface area contributed by atoms with Gasteiger partial charge in [0.1, 0.15) is 23.1 Å². The zero-order chi connectivity index (χ0) is 18.1. The number of carbonyl (C=O) groups excluding carboxylic acids is 1. The van der Waals surface area contributed by atoms with Crippen LogP contribution < -0.4 is 20.6 Å². The second-order valence-corrected chi connectivity index (χ2v) is 6.17. The molecule has 0 aliphatic heterocycles. The van der Waals surface area contributed by atoms with Crippen LogP contribution in [0.4, 0.5) is 0 Å². The Morgan fingerprint density at radius 1 is 1.20 bits per heavy atom. The highest BCUT2D eigenvalue weighted by atomic mass is 32.2. The molecule has 7 heteroatoms. The van der Waals surface area contributed by atoms with Crippen molar-refractivity contribution in [2.24, 2.45) is 10.9 Å². The Balaban J connectivity index is 1.80. The SMILES string of the molecule is COc1ccccc1C(=O)NCSC(COc1ccc(C)cc1)=NN. The average molecular weight is 359 g/mol. The van der Waals surface area contributed by atoms with Crippen molar-refractivity contribution in [1.82, 2.24) is 5.32 Å². The van der Waals surface area contributed by atoms with Crippen LogP contribution in [0.1, 0.15) is 15.9 Å². The van der Waals surface area contributed by atoms with Gasteiger partial charge in [0.25, 0.3) is 5.91 Å². The topological polar surface area (TPSA) is 85.9 Å². The van der Waals surface area contributed by atoms with Gasteiger partial charge in [0, 0.05) is 0 Å². The Morgan fingerprint density at radius 2 is 1.92 bits per heavy atom. The molecule has 2 aromatic rings. The molecule has 0 saturated carbocycles. The number of amides is 1. The maximum absolute atomic E-state index is 12.2. The lowest BCUT2D eigenvalue weighted by atomic mass is 10.2. The Hall–Kier alpha value is -2.67. The van der Waals surface area contributed by atoms with Gasteiger partial charge in [-0.3, -0.25) is 4.79 Å². The van der Waals surface area contributed by atoms with E-state index in [1.807, 2.05) is 37.3 Å². The number of aryl methyl sites for hydroxylation is 1. The van der Waals surface area contributed by atoms with Gasteiger partial charge in [0.05, 0.1) is 18.6 Å². The van der Waals surface area contributed by atoms with Gasteiger partial charge in [-0.05, 0) is 31.2 Å². The molecule has 0 aromatic heterocycles. The Kier molecular flexibility index (Phi) is 7.16. The quantitative estimate of drug-likeness (QED) is 0.261. The first-order valence-electron chi connectivity index (χ1n) is 7.64. The number of hydrogen-bond acceptors (Lipinski definition) is 6. The molecule has 6 nitrogen and oxygen atoms in total. The van der Waals surface area contributed by atoms with Crippen molar-refractivity contribution < 1.29 is 14.3 Å². The molecule has 1 amide bonds. The summed E-state index contributed by atoms with van der Waals surface area (Å²) in [5, 5.41) is 7.08. The van der Waals surface area contributed by atoms with E-state index in [2.05, 4.69) is 10.4 Å². The standard InChI is InChI=1S/C18H21N3O3S/c1-13-7-9-14(10-8-13)24-11-17(21-19)25-12-20-18(22)15-5-3-4-6-16(15)23-2/h3-10H,11-12,19H2,1-2H3,(H,20,22). The van der Waals surface area contributed by atoms with Crippen molar-refractivity contribution in [3.05, 3.63) is 59.7 Å². The van der Waals surface area contributed by atoms with Crippen molar-refractivity contribution in [3.63, 3.8) is 0 Å². The third-order valence-electron chi connectivity index (χ3n) is 3.35. The zero-order valence-electron chi connectivity index (χ0n) is 14.2. The highest BCUT2D eigenvalue weighted by molar-refractivity contribution is 8.14. The number of rotatable bonds is 7. The lowest BCUT2D eigenvalue weighted by molar-refractivity contribution is 0.0958. The van der Waals surface area contributed by atoms with Crippen LogP contribution in [0, 0.1) is 6.92 Å². The van der Waals surface area contributed by atoms with Gasteiger partial charge >= 0.3 is 0 Å². The third-order valence-corrected chi connectivity index (χ3v) is 4.20. The molecule has 0 aliphatic carbocycles. The highest BCUT2D eigenvalue weighted by Gasteiger charge is 2.11. The molecule has 0 heterocycles. The van der Waals surface area contributed by atoms with E-state index >= 15 is 0 Å². The second kappa shape index (κ2) is 9.58. The van der Waals surface area contributed by atoms with E-state index in [9.17, 15) is 4.79 Å². The summed E-state index contributed by atoms with van der Waals surface area (Å²) in [6.07, 6.45) is 0. The molecule has 2 rings (SSSR count). The number of ether oxygens (including phenoxy) is 2. The lowest BCUT2D eigenvalue weighted by Gasteiger charge is -2.10. The van der Waals surface area contributed by atoms with Gasteiger partial charge in [-0.2, -0.15) is 5.10 Å². The van der Waals surface area contributed by atoms with Crippen LogP contribution in [0.2, 0.25) is 0 Å².